The van der Waals surface area contributed by atoms with Gasteiger partial charge in [0.15, 0.2) is 0 Å². The van der Waals surface area contributed by atoms with Crippen LogP contribution in [0.25, 0.3) is 0 Å². The summed E-state index contributed by atoms with van der Waals surface area (Å²) in [6, 6.07) is 0.786. The van der Waals surface area contributed by atoms with E-state index in [9.17, 15) is 0 Å². The van der Waals surface area contributed by atoms with Gasteiger partial charge in [-0.1, -0.05) is 18.9 Å². The predicted molar refractivity (Wildman–Crippen MR) is 63.7 cm³/mol. The topological polar surface area (TPSA) is 72.2 Å². The predicted octanol–water partition coefficient (Wildman–Crippen LogP) is 1.02. The summed E-state index contributed by atoms with van der Waals surface area (Å²) in [7, 11) is 0. The first-order valence-electron chi connectivity index (χ1n) is 6.11. The molecule has 1 aromatic heterocycles. The van der Waals surface area contributed by atoms with Crippen LogP contribution in [0.15, 0.2) is 4.42 Å². The lowest BCUT2D eigenvalue weighted by atomic mass is 10.2. The number of hydrogen-bond acceptors (Lipinski definition) is 6. The van der Waals surface area contributed by atoms with E-state index in [4.69, 9.17) is 9.15 Å². The molecule has 1 unspecified atom stereocenters. The fraction of sp³-hybridized carbons (Fsp3) is 0.818. The number of rotatable bonds is 6. The van der Waals surface area contributed by atoms with E-state index in [1.54, 1.807) is 0 Å². The van der Waals surface area contributed by atoms with Gasteiger partial charge in [-0.2, -0.15) is 0 Å². The Morgan fingerprint density at radius 2 is 2.29 bits per heavy atom. The van der Waals surface area contributed by atoms with E-state index in [0.717, 1.165) is 19.6 Å². The van der Waals surface area contributed by atoms with Crippen LogP contribution in [0.3, 0.4) is 0 Å². The van der Waals surface area contributed by atoms with Crippen molar-refractivity contribution in [3.05, 3.63) is 5.89 Å². The van der Waals surface area contributed by atoms with Gasteiger partial charge in [-0.3, -0.25) is 0 Å². The van der Waals surface area contributed by atoms with Crippen molar-refractivity contribution in [3.63, 3.8) is 0 Å². The van der Waals surface area contributed by atoms with Crippen LogP contribution in [0.2, 0.25) is 0 Å². The van der Waals surface area contributed by atoms with E-state index in [1.165, 1.54) is 0 Å². The number of anilines is 1. The van der Waals surface area contributed by atoms with E-state index < -0.39 is 0 Å². The Kier molecular flexibility index (Phi) is 4.33. The summed E-state index contributed by atoms with van der Waals surface area (Å²) in [4.78, 5) is 0. The van der Waals surface area contributed by atoms with Crippen LogP contribution in [0, 0.1) is 5.92 Å². The Hall–Kier alpha value is -1.14. The largest absolute Gasteiger partial charge is 0.407 e. The van der Waals surface area contributed by atoms with Crippen molar-refractivity contribution in [3.8, 4) is 0 Å². The molecule has 0 saturated carbocycles. The molecule has 1 fully saturated rings. The van der Waals surface area contributed by atoms with Gasteiger partial charge in [-0.15, -0.1) is 5.10 Å². The van der Waals surface area contributed by atoms with Crippen molar-refractivity contribution >= 4 is 6.01 Å². The molecule has 6 heteroatoms. The van der Waals surface area contributed by atoms with Gasteiger partial charge in [0, 0.05) is 6.61 Å². The van der Waals surface area contributed by atoms with Gasteiger partial charge in [0.1, 0.15) is 0 Å². The van der Waals surface area contributed by atoms with Crippen molar-refractivity contribution in [1.82, 2.24) is 15.5 Å². The molecule has 0 amide bonds. The highest BCUT2D eigenvalue weighted by molar-refractivity contribution is 5.19. The average Bonchev–Trinajstić information content (AvgIpc) is 2.90. The maximum atomic E-state index is 5.48. The van der Waals surface area contributed by atoms with Gasteiger partial charge >= 0.3 is 6.01 Å². The van der Waals surface area contributed by atoms with E-state index in [0.29, 0.717) is 37.0 Å². The lowest BCUT2D eigenvalue weighted by Gasteiger charge is -2.06. The maximum Gasteiger partial charge on any atom is 0.315 e. The van der Waals surface area contributed by atoms with Crippen molar-refractivity contribution in [2.45, 2.75) is 32.9 Å². The number of nitrogens with one attached hydrogen (secondary N) is 2. The lowest BCUT2D eigenvalue weighted by molar-refractivity contribution is 0.195. The average molecular weight is 240 g/mol. The second kappa shape index (κ2) is 5.97. The van der Waals surface area contributed by atoms with E-state index in [-0.39, 0.29) is 0 Å². The quantitative estimate of drug-likeness (QED) is 0.773. The molecule has 0 radical (unpaired) electrons. The summed E-state index contributed by atoms with van der Waals surface area (Å²) in [6.45, 7) is 7.40. The second-order valence-corrected chi connectivity index (χ2v) is 4.73. The molecule has 6 nitrogen and oxygen atoms in total. The molecule has 2 N–H and O–H groups in total. The second-order valence-electron chi connectivity index (χ2n) is 4.73. The zero-order valence-corrected chi connectivity index (χ0v) is 10.4. The van der Waals surface area contributed by atoms with Crippen LogP contribution < -0.4 is 10.6 Å². The van der Waals surface area contributed by atoms with Crippen LogP contribution in [-0.2, 0) is 11.3 Å². The first-order chi connectivity index (χ1) is 8.24. The molecular weight excluding hydrogens is 220 g/mol. The zero-order chi connectivity index (χ0) is 12.1. The van der Waals surface area contributed by atoms with Crippen molar-refractivity contribution in [1.29, 1.82) is 0 Å². The van der Waals surface area contributed by atoms with Crippen LogP contribution in [0.4, 0.5) is 6.01 Å². The molecule has 1 aliphatic rings. The molecule has 17 heavy (non-hydrogen) atoms. The first-order valence-corrected chi connectivity index (χ1v) is 6.11. The minimum atomic E-state index is 0.298. The summed E-state index contributed by atoms with van der Waals surface area (Å²) in [6.07, 6.45) is 0.989. The fourth-order valence-corrected chi connectivity index (χ4v) is 1.67. The lowest BCUT2D eigenvalue weighted by Crippen LogP contribution is -2.19. The third-order valence-electron chi connectivity index (χ3n) is 2.55. The Morgan fingerprint density at radius 1 is 1.41 bits per heavy atom. The molecule has 1 saturated heterocycles. The standard InChI is InChI=1S/C11H20N4O2/c1-8(2)5-12-6-10-14-15-11(17-10)13-9-3-4-16-7-9/h8-9,12H,3-7H2,1-2H3,(H,13,15). The highest BCUT2D eigenvalue weighted by Crippen LogP contribution is 2.12. The van der Waals surface area contributed by atoms with Gasteiger partial charge in [0.2, 0.25) is 5.89 Å². The van der Waals surface area contributed by atoms with Crippen LogP contribution in [-0.4, -0.2) is 36.0 Å². The minimum absolute atomic E-state index is 0.298. The number of ether oxygens (including phenoxy) is 1. The number of nitrogens with zero attached hydrogens (tertiary/aromatic N) is 2. The number of aromatic nitrogens is 2. The Balaban J connectivity index is 1.75. The maximum absolute atomic E-state index is 5.48. The Labute approximate surface area is 101 Å². The third-order valence-corrected chi connectivity index (χ3v) is 2.55. The molecule has 0 bridgehead atoms. The van der Waals surface area contributed by atoms with Crippen LogP contribution >= 0.6 is 0 Å². The van der Waals surface area contributed by atoms with Crippen molar-refractivity contribution in [2.75, 3.05) is 25.1 Å². The number of hydrogen-bond donors (Lipinski definition) is 2. The molecule has 1 aliphatic heterocycles. The summed E-state index contributed by atoms with van der Waals surface area (Å²) in [5.41, 5.74) is 0. The molecule has 0 aliphatic carbocycles. The highest BCUT2D eigenvalue weighted by atomic mass is 16.5. The highest BCUT2D eigenvalue weighted by Gasteiger charge is 2.17. The fourth-order valence-electron chi connectivity index (χ4n) is 1.67. The Morgan fingerprint density at radius 3 is 3.00 bits per heavy atom. The minimum Gasteiger partial charge on any atom is -0.407 e. The normalized spacial score (nSPS) is 20.1. The molecule has 2 rings (SSSR count). The smallest absolute Gasteiger partial charge is 0.315 e. The summed E-state index contributed by atoms with van der Waals surface area (Å²) in [5, 5.41) is 14.4. The molecule has 0 aromatic carbocycles. The summed E-state index contributed by atoms with van der Waals surface area (Å²) >= 11 is 0. The van der Waals surface area contributed by atoms with Crippen molar-refractivity contribution in [2.24, 2.45) is 5.92 Å². The monoisotopic (exact) mass is 240 g/mol. The molecular formula is C11H20N4O2. The van der Waals surface area contributed by atoms with Gasteiger partial charge in [0.25, 0.3) is 0 Å². The molecule has 1 aromatic rings. The van der Waals surface area contributed by atoms with Crippen molar-refractivity contribution < 1.29 is 9.15 Å². The molecule has 1 atom stereocenters. The first kappa shape index (κ1) is 12.3. The SMILES string of the molecule is CC(C)CNCc1nnc(NC2CCOC2)o1. The van der Waals surface area contributed by atoms with E-state index in [1.807, 2.05) is 0 Å². The van der Waals surface area contributed by atoms with E-state index in [2.05, 4.69) is 34.7 Å². The summed E-state index contributed by atoms with van der Waals surface area (Å²) < 4.78 is 10.7. The summed E-state index contributed by atoms with van der Waals surface area (Å²) in [5.74, 6) is 1.23. The van der Waals surface area contributed by atoms with E-state index >= 15 is 0 Å². The van der Waals surface area contributed by atoms with Gasteiger partial charge in [-0.05, 0) is 18.9 Å². The van der Waals surface area contributed by atoms with Gasteiger partial charge in [-0.25, -0.2) is 0 Å². The third kappa shape index (κ3) is 3.98. The molecule has 2 heterocycles. The van der Waals surface area contributed by atoms with Gasteiger partial charge < -0.3 is 19.8 Å². The molecule has 0 spiro atoms. The molecule has 96 valence electrons. The van der Waals surface area contributed by atoms with Crippen LogP contribution in [0.1, 0.15) is 26.2 Å². The van der Waals surface area contributed by atoms with Gasteiger partial charge in [0.05, 0.1) is 19.2 Å². The Bertz CT molecular complexity index is 334. The zero-order valence-electron chi connectivity index (χ0n) is 10.4. The van der Waals surface area contributed by atoms with Crippen LogP contribution in [0.5, 0.6) is 0 Å².